The molecule has 3 rings (SSSR count). The summed E-state index contributed by atoms with van der Waals surface area (Å²) < 4.78 is 0. The summed E-state index contributed by atoms with van der Waals surface area (Å²) in [5.74, 6) is 0.841. The predicted octanol–water partition coefficient (Wildman–Crippen LogP) is 2.73. The van der Waals surface area contributed by atoms with Gasteiger partial charge in [0, 0.05) is 19.5 Å². The molecular weight excluding hydrogens is 300 g/mol. The van der Waals surface area contributed by atoms with Gasteiger partial charge in [-0.05, 0) is 29.9 Å². The fraction of sp³-hybridized carbons (Fsp3) is 0.474. The summed E-state index contributed by atoms with van der Waals surface area (Å²) in [7, 11) is 0. The number of hydrogen-bond acceptors (Lipinski definition) is 5. The second-order valence-corrected chi connectivity index (χ2v) is 6.85. The van der Waals surface area contributed by atoms with Crippen LogP contribution in [0.2, 0.25) is 0 Å². The van der Waals surface area contributed by atoms with Crippen molar-refractivity contribution in [2.45, 2.75) is 45.1 Å². The van der Waals surface area contributed by atoms with Crippen LogP contribution in [0.15, 0.2) is 30.5 Å². The van der Waals surface area contributed by atoms with Crippen molar-refractivity contribution >= 4 is 11.6 Å². The molecule has 0 bridgehead atoms. The van der Waals surface area contributed by atoms with Gasteiger partial charge in [-0.15, -0.1) is 0 Å². The molecule has 0 spiro atoms. The van der Waals surface area contributed by atoms with Crippen LogP contribution in [0.4, 0.5) is 11.6 Å². The summed E-state index contributed by atoms with van der Waals surface area (Å²) in [6, 6.07) is 8.69. The maximum atomic E-state index is 9.72. The number of aliphatic hydroxyl groups excluding tert-OH is 1. The Morgan fingerprint density at radius 2 is 1.88 bits per heavy atom. The molecule has 0 unspecified atom stereocenters. The van der Waals surface area contributed by atoms with Crippen LogP contribution in [0.1, 0.15) is 49.4 Å². The molecule has 3 N–H and O–H groups in total. The molecule has 0 aliphatic carbocycles. The van der Waals surface area contributed by atoms with Crippen LogP contribution in [0.25, 0.3) is 0 Å². The van der Waals surface area contributed by atoms with Gasteiger partial charge in [-0.1, -0.05) is 38.1 Å². The van der Waals surface area contributed by atoms with Crippen molar-refractivity contribution in [3.05, 3.63) is 47.3 Å². The molecule has 24 heavy (non-hydrogen) atoms. The van der Waals surface area contributed by atoms with Gasteiger partial charge >= 0.3 is 0 Å². The Labute approximate surface area is 143 Å². The summed E-state index contributed by atoms with van der Waals surface area (Å²) in [6.07, 6.45) is 3.93. The Balaban J connectivity index is 1.82. The highest BCUT2D eigenvalue weighted by Gasteiger charge is 2.20. The molecule has 1 fully saturated rings. The Bertz CT molecular complexity index is 676. The van der Waals surface area contributed by atoms with Crippen molar-refractivity contribution in [1.82, 2.24) is 9.97 Å². The molecule has 2 heterocycles. The average molecular weight is 326 g/mol. The maximum absolute atomic E-state index is 9.72. The lowest BCUT2D eigenvalue weighted by atomic mass is 9.99. The van der Waals surface area contributed by atoms with Crippen LogP contribution in [0.3, 0.4) is 0 Å². The first kappa shape index (κ1) is 16.7. The van der Waals surface area contributed by atoms with Crippen LogP contribution in [-0.2, 0) is 6.42 Å². The van der Waals surface area contributed by atoms with E-state index in [2.05, 4.69) is 53.0 Å². The molecule has 1 aromatic heterocycles. The molecule has 1 aliphatic heterocycles. The fourth-order valence-corrected chi connectivity index (χ4v) is 3.14. The van der Waals surface area contributed by atoms with Gasteiger partial charge in [0.25, 0.3) is 0 Å². The highest BCUT2D eigenvalue weighted by atomic mass is 16.3. The van der Waals surface area contributed by atoms with Gasteiger partial charge in [-0.3, -0.25) is 0 Å². The summed E-state index contributed by atoms with van der Waals surface area (Å²) in [4.78, 5) is 10.9. The largest absolute Gasteiger partial charge is 0.393 e. The van der Waals surface area contributed by atoms with Gasteiger partial charge in [0.1, 0.15) is 0 Å². The highest BCUT2D eigenvalue weighted by Crippen LogP contribution is 2.25. The maximum Gasteiger partial charge on any atom is 0.220 e. The quantitative estimate of drug-likeness (QED) is 0.903. The van der Waals surface area contributed by atoms with Crippen molar-refractivity contribution < 1.29 is 5.11 Å². The van der Waals surface area contributed by atoms with Gasteiger partial charge in [0.2, 0.25) is 5.95 Å². The minimum atomic E-state index is -0.192. The van der Waals surface area contributed by atoms with E-state index in [0.717, 1.165) is 43.7 Å². The average Bonchev–Trinajstić information content (AvgIpc) is 2.57. The van der Waals surface area contributed by atoms with Gasteiger partial charge in [0.15, 0.2) is 0 Å². The van der Waals surface area contributed by atoms with Crippen molar-refractivity contribution in [3.63, 3.8) is 0 Å². The first-order valence-corrected chi connectivity index (χ1v) is 8.66. The summed E-state index contributed by atoms with van der Waals surface area (Å²) >= 11 is 0. The van der Waals surface area contributed by atoms with E-state index in [1.165, 1.54) is 11.1 Å². The SMILES string of the molecule is CC(C)c1ccc(Cc2nc(N)ncc2N2CCC(O)CC2)cc1. The number of nitrogens with zero attached hydrogens (tertiary/aromatic N) is 3. The van der Waals surface area contributed by atoms with Gasteiger partial charge in [-0.25, -0.2) is 9.97 Å². The number of anilines is 2. The normalized spacial score (nSPS) is 15.9. The van der Waals surface area contributed by atoms with E-state index < -0.39 is 0 Å². The van der Waals surface area contributed by atoms with E-state index in [4.69, 9.17) is 5.73 Å². The number of rotatable bonds is 4. The van der Waals surface area contributed by atoms with Gasteiger partial charge in [-0.2, -0.15) is 0 Å². The van der Waals surface area contributed by atoms with Gasteiger partial charge in [0.05, 0.1) is 23.7 Å². The standard InChI is InChI=1S/C19H26N4O/c1-13(2)15-5-3-14(4-6-15)11-17-18(12-21-19(20)22-17)23-9-7-16(24)8-10-23/h3-6,12-13,16,24H,7-11H2,1-2H3,(H2,20,21,22). The zero-order chi connectivity index (χ0) is 17.1. The third-order valence-electron chi connectivity index (χ3n) is 4.69. The van der Waals surface area contributed by atoms with E-state index in [9.17, 15) is 5.11 Å². The third kappa shape index (κ3) is 3.85. The van der Waals surface area contributed by atoms with Crippen LogP contribution in [0.5, 0.6) is 0 Å². The lowest BCUT2D eigenvalue weighted by molar-refractivity contribution is 0.145. The number of nitrogen functional groups attached to an aromatic ring is 1. The lowest BCUT2D eigenvalue weighted by Gasteiger charge is -2.32. The molecule has 2 aromatic rings. The molecule has 1 aromatic carbocycles. The smallest absolute Gasteiger partial charge is 0.220 e. The Morgan fingerprint density at radius 3 is 2.50 bits per heavy atom. The molecule has 1 saturated heterocycles. The summed E-state index contributed by atoms with van der Waals surface area (Å²) in [6.45, 7) is 6.05. The molecule has 5 nitrogen and oxygen atoms in total. The van der Waals surface area contributed by atoms with Crippen molar-refractivity contribution in [3.8, 4) is 0 Å². The fourth-order valence-electron chi connectivity index (χ4n) is 3.14. The Hall–Kier alpha value is -2.14. The zero-order valence-corrected chi connectivity index (χ0v) is 14.4. The third-order valence-corrected chi connectivity index (χ3v) is 4.69. The van der Waals surface area contributed by atoms with Crippen LogP contribution in [0, 0.1) is 0 Å². The predicted molar refractivity (Wildman–Crippen MR) is 97.2 cm³/mol. The second kappa shape index (κ2) is 7.18. The second-order valence-electron chi connectivity index (χ2n) is 6.85. The van der Waals surface area contributed by atoms with Crippen LogP contribution >= 0.6 is 0 Å². The number of hydrogen-bond donors (Lipinski definition) is 2. The first-order chi connectivity index (χ1) is 11.5. The number of nitrogens with two attached hydrogens (primary N) is 1. The van der Waals surface area contributed by atoms with E-state index in [-0.39, 0.29) is 6.10 Å². The number of aromatic nitrogens is 2. The molecule has 0 atom stereocenters. The molecular formula is C19H26N4O. The van der Waals surface area contributed by atoms with Crippen molar-refractivity contribution in [2.24, 2.45) is 0 Å². The molecule has 5 heteroatoms. The lowest BCUT2D eigenvalue weighted by Crippen LogP contribution is -2.36. The first-order valence-electron chi connectivity index (χ1n) is 8.66. The molecule has 128 valence electrons. The van der Waals surface area contributed by atoms with E-state index >= 15 is 0 Å². The highest BCUT2D eigenvalue weighted by molar-refractivity contribution is 5.52. The number of benzene rings is 1. The minimum absolute atomic E-state index is 0.192. The van der Waals surface area contributed by atoms with Crippen LogP contribution < -0.4 is 10.6 Å². The van der Waals surface area contributed by atoms with E-state index in [1.54, 1.807) is 0 Å². The molecule has 0 radical (unpaired) electrons. The van der Waals surface area contributed by atoms with E-state index in [0.29, 0.717) is 11.9 Å². The van der Waals surface area contributed by atoms with Gasteiger partial charge < -0.3 is 15.7 Å². The molecule has 0 saturated carbocycles. The Kier molecular flexibility index (Phi) is 5.00. The monoisotopic (exact) mass is 326 g/mol. The number of piperidine rings is 1. The van der Waals surface area contributed by atoms with E-state index in [1.807, 2.05) is 6.20 Å². The van der Waals surface area contributed by atoms with Crippen molar-refractivity contribution in [1.29, 1.82) is 0 Å². The van der Waals surface area contributed by atoms with Crippen LogP contribution in [-0.4, -0.2) is 34.3 Å². The van der Waals surface area contributed by atoms with Crippen molar-refractivity contribution in [2.75, 3.05) is 23.7 Å². The topological polar surface area (TPSA) is 75.3 Å². The summed E-state index contributed by atoms with van der Waals surface area (Å²) in [5, 5.41) is 9.72. The molecule has 0 amide bonds. The zero-order valence-electron chi connectivity index (χ0n) is 14.4. The molecule has 1 aliphatic rings. The summed E-state index contributed by atoms with van der Waals surface area (Å²) in [5.41, 5.74) is 10.4. The number of aliphatic hydroxyl groups is 1. The minimum Gasteiger partial charge on any atom is -0.393 e. The Morgan fingerprint density at radius 1 is 1.21 bits per heavy atom.